The van der Waals surface area contributed by atoms with Gasteiger partial charge in [-0.2, -0.15) is 0 Å². The Labute approximate surface area is 256 Å². The van der Waals surface area contributed by atoms with Gasteiger partial charge in [-0.25, -0.2) is 4.79 Å². The highest BCUT2D eigenvalue weighted by Gasteiger charge is 2.53. The van der Waals surface area contributed by atoms with Gasteiger partial charge in [0.05, 0.1) is 28.7 Å². The van der Waals surface area contributed by atoms with Crippen LogP contribution in [0.1, 0.15) is 59.4 Å². The smallest absolute Gasteiger partial charge is 0.350 e. The van der Waals surface area contributed by atoms with E-state index >= 15 is 0 Å². The molecule has 1 saturated heterocycles. The van der Waals surface area contributed by atoms with Crippen LogP contribution in [0, 0.1) is 0 Å². The largest absolute Gasteiger partial charge is 0.489 e. The van der Waals surface area contributed by atoms with Crippen LogP contribution in [0.2, 0.25) is 0 Å². The lowest BCUT2D eigenvalue weighted by molar-refractivity contribution is -0.270. The molecule has 0 bridgehead atoms. The number of ether oxygens (including phenoxy) is 5. The van der Waals surface area contributed by atoms with E-state index < -0.39 is 17.2 Å². The number of hydrogen-bond acceptors (Lipinski definition) is 8. The Morgan fingerprint density at radius 1 is 0.955 bits per heavy atom. The maximum absolute atomic E-state index is 11.7. The van der Waals surface area contributed by atoms with Crippen molar-refractivity contribution in [2.75, 3.05) is 13.2 Å². The van der Waals surface area contributed by atoms with E-state index in [4.69, 9.17) is 32.5 Å². The van der Waals surface area contributed by atoms with Crippen molar-refractivity contribution < 1.29 is 32.5 Å². The number of hydrogen-bond donors (Lipinski definition) is 0. The topological polar surface area (TPSA) is 89.5 Å². The molecule has 4 heterocycles. The van der Waals surface area contributed by atoms with Crippen molar-refractivity contribution in [3.8, 4) is 17.2 Å². The van der Waals surface area contributed by atoms with Crippen LogP contribution in [0.4, 0.5) is 0 Å². The van der Waals surface area contributed by atoms with Crippen molar-refractivity contribution in [2.45, 2.75) is 71.6 Å². The SMILES string of the molecule is CC/C(C)=C/COc1ccc2c(c1)OC1(C=C2)OC(CC/C(C)=C/COc2c3ccoc3cc3oc(=O)ccc23)C(C)(C)O1. The lowest BCUT2D eigenvalue weighted by Gasteiger charge is -2.30. The number of fused-ring (bicyclic) bond motifs is 3. The zero-order chi connectivity index (χ0) is 30.9. The van der Waals surface area contributed by atoms with E-state index in [0.717, 1.165) is 46.9 Å². The number of benzene rings is 2. The molecule has 0 amide bonds. The fourth-order valence-electron chi connectivity index (χ4n) is 5.45. The van der Waals surface area contributed by atoms with Crippen molar-refractivity contribution >= 4 is 28.0 Å². The second-order valence-electron chi connectivity index (χ2n) is 11.9. The molecule has 8 nitrogen and oxygen atoms in total. The monoisotopic (exact) mass is 598 g/mol. The standard InChI is InChI=1S/C36H38O8/c1-6-23(2)14-18-38-26-9-8-25-13-17-36(42-29(25)21-26)43-32(35(4,5)44-36)11-7-24(3)15-19-40-34-27-10-12-33(37)41-31(27)22-30-28(34)16-20-39-30/h8-10,12-17,20-22,32H,6-7,11,18-19H2,1-5H3/b23-14+,24-15+. The van der Waals surface area contributed by atoms with Crippen LogP contribution in [0.3, 0.4) is 0 Å². The molecule has 2 aromatic carbocycles. The highest BCUT2D eigenvalue weighted by atomic mass is 16.9. The van der Waals surface area contributed by atoms with Gasteiger partial charge >= 0.3 is 11.6 Å². The van der Waals surface area contributed by atoms with Gasteiger partial charge in [0.15, 0.2) is 0 Å². The molecule has 2 aliphatic rings. The van der Waals surface area contributed by atoms with Gasteiger partial charge in [0.1, 0.15) is 41.6 Å². The average molecular weight is 599 g/mol. The maximum Gasteiger partial charge on any atom is 0.350 e. The molecule has 0 radical (unpaired) electrons. The molecular weight excluding hydrogens is 560 g/mol. The van der Waals surface area contributed by atoms with Crippen LogP contribution in [0.15, 0.2) is 91.7 Å². The summed E-state index contributed by atoms with van der Waals surface area (Å²) in [5.74, 6) is 0.716. The molecule has 6 rings (SSSR count). The van der Waals surface area contributed by atoms with Crippen LogP contribution < -0.4 is 19.8 Å². The van der Waals surface area contributed by atoms with E-state index in [9.17, 15) is 4.79 Å². The Morgan fingerprint density at radius 2 is 1.75 bits per heavy atom. The Balaban J connectivity index is 1.09. The summed E-state index contributed by atoms with van der Waals surface area (Å²) in [4.78, 5) is 11.7. The summed E-state index contributed by atoms with van der Waals surface area (Å²) < 4.78 is 42.2. The van der Waals surface area contributed by atoms with Gasteiger partial charge in [-0.05, 0) is 89.5 Å². The second kappa shape index (κ2) is 12.0. The van der Waals surface area contributed by atoms with Crippen LogP contribution >= 0.6 is 0 Å². The van der Waals surface area contributed by atoms with Gasteiger partial charge in [0, 0.05) is 29.8 Å². The first-order valence-corrected chi connectivity index (χ1v) is 15.1. The molecule has 44 heavy (non-hydrogen) atoms. The third-order valence-corrected chi connectivity index (χ3v) is 8.20. The van der Waals surface area contributed by atoms with Gasteiger partial charge in [0.2, 0.25) is 0 Å². The number of allylic oxidation sites excluding steroid dienone is 2. The van der Waals surface area contributed by atoms with Crippen LogP contribution in [-0.2, 0) is 9.47 Å². The first kappa shape index (κ1) is 29.8. The summed E-state index contributed by atoms with van der Waals surface area (Å²) in [5, 5.41) is 1.54. The molecule has 2 aliphatic heterocycles. The molecule has 8 heteroatoms. The Bertz CT molecular complexity index is 1820. The Hall–Kier alpha value is -4.27. The van der Waals surface area contributed by atoms with Crippen LogP contribution in [-0.4, -0.2) is 30.9 Å². The molecule has 1 fully saturated rings. The van der Waals surface area contributed by atoms with Crippen molar-refractivity contribution in [3.63, 3.8) is 0 Å². The van der Waals surface area contributed by atoms with Gasteiger partial charge in [-0.3, -0.25) is 0 Å². The van der Waals surface area contributed by atoms with Crippen LogP contribution in [0.25, 0.3) is 28.0 Å². The van der Waals surface area contributed by atoms with E-state index in [1.165, 1.54) is 11.6 Å². The van der Waals surface area contributed by atoms with Gasteiger partial charge in [-0.15, -0.1) is 0 Å². The molecule has 2 atom stereocenters. The Morgan fingerprint density at radius 3 is 2.59 bits per heavy atom. The highest BCUT2D eigenvalue weighted by Crippen LogP contribution is 2.45. The van der Waals surface area contributed by atoms with E-state index in [-0.39, 0.29) is 6.10 Å². The summed E-state index contributed by atoms with van der Waals surface area (Å²) in [6.45, 7) is 11.2. The molecule has 230 valence electrons. The summed E-state index contributed by atoms with van der Waals surface area (Å²) in [6.07, 6.45) is 11.9. The summed E-state index contributed by atoms with van der Waals surface area (Å²) in [6, 6.07) is 12.5. The van der Waals surface area contributed by atoms with E-state index in [1.807, 2.05) is 50.3 Å². The van der Waals surface area contributed by atoms with Crippen molar-refractivity contribution in [1.29, 1.82) is 0 Å². The minimum absolute atomic E-state index is 0.203. The normalized spacial score (nSPS) is 21.2. The lowest BCUT2D eigenvalue weighted by Crippen LogP contribution is -2.38. The summed E-state index contributed by atoms with van der Waals surface area (Å²) in [5.41, 5.74) is 3.41. The predicted molar refractivity (Wildman–Crippen MR) is 169 cm³/mol. The Kier molecular flexibility index (Phi) is 8.14. The fourth-order valence-corrected chi connectivity index (χ4v) is 5.45. The van der Waals surface area contributed by atoms with E-state index in [0.29, 0.717) is 35.9 Å². The van der Waals surface area contributed by atoms with Crippen LogP contribution in [0.5, 0.6) is 17.2 Å². The minimum atomic E-state index is -1.29. The molecule has 0 N–H and O–H groups in total. The first-order chi connectivity index (χ1) is 21.1. The average Bonchev–Trinajstić information content (AvgIpc) is 3.56. The summed E-state index contributed by atoms with van der Waals surface area (Å²) >= 11 is 0. The van der Waals surface area contributed by atoms with Gasteiger partial charge in [-0.1, -0.05) is 18.1 Å². The third kappa shape index (κ3) is 6.18. The molecule has 2 unspecified atom stereocenters. The zero-order valence-electron chi connectivity index (χ0n) is 25.8. The molecule has 1 spiro atoms. The summed E-state index contributed by atoms with van der Waals surface area (Å²) in [7, 11) is 0. The molecule has 0 aliphatic carbocycles. The highest BCUT2D eigenvalue weighted by molar-refractivity contribution is 6.01. The lowest BCUT2D eigenvalue weighted by atomic mass is 9.96. The van der Waals surface area contributed by atoms with Crippen molar-refractivity contribution in [3.05, 3.63) is 94.1 Å². The zero-order valence-corrected chi connectivity index (χ0v) is 25.8. The molecule has 0 saturated carbocycles. The number of rotatable bonds is 10. The number of furan rings is 1. The van der Waals surface area contributed by atoms with Gasteiger partial charge in [0.25, 0.3) is 0 Å². The second-order valence-corrected chi connectivity index (χ2v) is 11.9. The van der Waals surface area contributed by atoms with Crippen molar-refractivity contribution in [1.82, 2.24) is 0 Å². The molecular formula is C36H38O8. The first-order valence-electron chi connectivity index (χ1n) is 15.1. The third-order valence-electron chi connectivity index (χ3n) is 8.20. The van der Waals surface area contributed by atoms with Crippen molar-refractivity contribution in [2.24, 2.45) is 0 Å². The van der Waals surface area contributed by atoms with Gasteiger partial charge < -0.3 is 32.5 Å². The maximum atomic E-state index is 11.7. The molecule has 4 aromatic rings. The van der Waals surface area contributed by atoms with E-state index in [2.05, 4.69) is 32.9 Å². The minimum Gasteiger partial charge on any atom is -0.489 e. The fraction of sp³-hybridized carbons (Fsp3) is 0.361. The quantitative estimate of drug-likeness (QED) is 0.133. The van der Waals surface area contributed by atoms with E-state index in [1.54, 1.807) is 18.4 Å². The predicted octanol–water partition coefficient (Wildman–Crippen LogP) is 8.33. The molecule has 2 aromatic heterocycles.